The van der Waals surface area contributed by atoms with E-state index in [-0.39, 0.29) is 43.4 Å². The van der Waals surface area contributed by atoms with E-state index in [1.165, 1.54) is 18.2 Å². The number of carbonyl (C=O) groups excluding carboxylic acids is 2. The molecule has 2 aliphatic rings. The molecule has 3 atom stereocenters. The molecule has 1 saturated carbocycles. The highest BCUT2D eigenvalue weighted by Crippen LogP contribution is 2.44. The van der Waals surface area contributed by atoms with Gasteiger partial charge in [-0.1, -0.05) is 48.5 Å². The van der Waals surface area contributed by atoms with Crippen LogP contribution < -0.4 is 10.6 Å². The number of hydrogen-bond acceptors (Lipinski definition) is 5. The largest absolute Gasteiger partial charge is 0.479 e. The van der Waals surface area contributed by atoms with E-state index in [1.54, 1.807) is 0 Å². The van der Waals surface area contributed by atoms with Crippen LogP contribution in [0.3, 0.4) is 0 Å². The van der Waals surface area contributed by atoms with Crippen molar-refractivity contribution in [3.63, 3.8) is 0 Å². The third kappa shape index (κ3) is 5.22. The van der Waals surface area contributed by atoms with E-state index in [2.05, 4.69) is 34.9 Å². The average Bonchev–Trinajstić information content (AvgIpc) is 3.43. The van der Waals surface area contributed by atoms with Gasteiger partial charge in [-0.15, -0.1) is 0 Å². The number of rotatable bonds is 9. The van der Waals surface area contributed by atoms with Gasteiger partial charge >= 0.3 is 12.1 Å². The third-order valence-corrected chi connectivity index (χ3v) is 6.73. The van der Waals surface area contributed by atoms with Crippen molar-refractivity contribution in [2.75, 3.05) is 20.3 Å². The van der Waals surface area contributed by atoms with Crippen LogP contribution in [0.15, 0.2) is 48.5 Å². The number of carboxylic acid groups (broad SMARTS) is 1. The second-order valence-electron chi connectivity index (χ2n) is 8.82. The Kier molecular flexibility index (Phi) is 7.47. The summed E-state index contributed by atoms with van der Waals surface area (Å²) in [7, 11) is 1.33. The summed E-state index contributed by atoms with van der Waals surface area (Å²) in [5.74, 6) is -1.39. The van der Waals surface area contributed by atoms with Gasteiger partial charge in [-0.3, -0.25) is 4.79 Å². The summed E-state index contributed by atoms with van der Waals surface area (Å²) < 4.78 is 10.5. The Labute approximate surface area is 198 Å². The number of carboxylic acids is 1. The van der Waals surface area contributed by atoms with Gasteiger partial charge in [-0.2, -0.15) is 0 Å². The molecule has 0 aromatic heterocycles. The lowest BCUT2D eigenvalue weighted by atomic mass is 9.98. The zero-order valence-corrected chi connectivity index (χ0v) is 19.2. The van der Waals surface area contributed by atoms with E-state index in [0.717, 1.165) is 11.1 Å². The fraction of sp³-hybridized carbons (Fsp3) is 0.423. The minimum atomic E-state index is -1.05. The van der Waals surface area contributed by atoms with Gasteiger partial charge < -0.3 is 25.2 Å². The number of hydrogen-bond donors (Lipinski definition) is 3. The van der Waals surface area contributed by atoms with E-state index in [9.17, 15) is 14.4 Å². The quantitative estimate of drug-likeness (QED) is 0.523. The number of carbonyl (C=O) groups is 3. The molecule has 0 aliphatic heterocycles. The molecule has 2 amide bonds. The number of ether oxygens (including phenoxy) is 2. The summed E-state index contributed by atoms with van der Waals surface area (Å²) >= 11 is 0. The number of methoxy groups -OCH3 is 1. The molecule has 0 bridgehead atoms. The monoisotopic (exact) mass is 466 g/mol. The smallest absolute Gasteiger partial charge is 0.407 e. The Balaban J connectivity index is 1.23. The van der Waals surface area contributed by atoms with Gasteiger partial charge in [0, 0.05) is 38.0 Å². The Morgan fingerprint density at radius 1 is 1.03 bits per heavy atom. The van der Waals surface area contributed by atoms with Crippen molar-refractivity contribution in [1.29, 1.82) is 0 Å². The molecule has 2 aromatic carbocycles. The zero-order valence-electron chi connectivity index (χ0n) is 19.2. The molecule has 34 heavy (non-hydrogen) atoms. The van der Waals surface area contributed by atoms with E-state index in [0.29, 0.717) is 19.3 Å². The first kappa shape index (κ1) is 23.8. The van der Waals surface area contributed by atoms with Crippen molar-refractivity contribution in [1.82, 2.24) is 10.6 Å². The minimum absolute atomic E-state index is 0.00184. The van der Waals surface area contributed by atoms with Gasteiger partial charge in [0.1, 0.15) is 6.61 Å². The maximum Gasteiger partial charge on any atom is 0.407 e. The molecule has 8 nitrogen and oxygen atoms in total. The lowest BCUT2D eigenvalue weighted by Crippen LogP contribution is -2.36. The lowest BCUT2D eigenvalue weighted by molar-refractivity contribution is -0.149. The van der Waals surface area contributed by atoms with E-state index in [1.807, 2.05) is 24.3 Å². The van der Waals surface area contributed by atoms with Crippen molar-refractivity contribution in [2.45, 2.75) is 43.7 Å². The minimum Gasteiger partial charge on any atom is -0.479 e. The molecule has 180 valence electrons. The summed E-state index contributed by atoms with van der Waals surface area (Å²) in [5, 5.41) is 14.7. The Morgan fingerprint density at radius 3 is 2.29 bits per heavy atom. The second kappa shape index (κ2) is 10.7. The van der Waals surface area contributed by atoms with Crippen molar-refractivity contribution < 1.29 is 29.0 Å². The molecule has 0 saturated heterocycles. The summed E-state index contributed by atoms with van der Waals surface area (Å²) in [4.78, 5) is 35.9. The van der Waals surface area contributed by atoms with Gasteiger partial charge in [0.15, 0.2) is 6.10 Å². The van der Waals surface area contributed by atoms with Crippen LogP contribution in [0.1, 0.15) is 42.7 Å². The van der Waals surface area contributed by atoms with Crippen molar-refractivity contribution in [3.05, 3.63) is 59.7 Å². The van der Waals surface area contributed by atoms with Gasteiger partial charge in [0.2, 0.25) is 5.91 Å². The number of amides is 2. The van der Waals surface area contributed by atoms with Crippen LogP contribution in [0.2, 0.25) is 0 Å². The van der Waals surface area contributed by atoms with Crippen LogP contribution in [-0.2, 0) is 19.1 Å². The first-order valence-electron chi connectivity index (χ1n) is 11.6. The number of benzene rings is 2. The first-order chi connectivity index (χ1) is 16.5. The van der Waals surface area contributed by atoms with Crippen LogP contribution in [0, 0.1) is 5.92 Å². The van der Waals surface area contributed by atoms with Gasteiger partial charge in [-0.05, 0) is 41.5 Å². The Morgan fingerprint density at radius 2 is 1.68 bits per heavy atom. The summed E-state index contributed by atoms with van der Waals surface area (Å²) in [6, 6.07) is 16.2. The molecule has 0 radical (unpaired) electrons. The highest BCUT2D eigenvalue weighted by molar-refractivity contribution is 5.80. The standard InChI is InChI=1S/C26H30N2O6/c1-33-23(25(30)31)12-13-27-24(29)16-10-11-17(14-16)28-26(32)34-15-22-20-8-4-2-6-18(20)19-7-3-5-9-21(19)22/h2-9,16-17,22-23H,10-15H2,1H3,(H,27,29)(H,28,32)(H,30,31). The van der Waals surface area contributed by atoms with Crippen molar-refractivity contribution in [3.8, 4) is 11.1 Å². The normalized spacial score (nSPS) is 19.7. The van der Waals surface area contributed by atoms with E-state index in [4.69, 9.17) is 14.6 Å². The molecular weight excluding hydrogens is 436 g/mol. The molecule has 0 heterocycles. The number of fused-ring (bicyclic) bond motifs is 3. The van der Waals surface area contributed by atoms with E-state index < -0.39 is 18.2 Å². The van der Waals surface area contributed by atoms with Gasteiger partial charge in [0.05, 0.1) is 0 Å². The Hall–Kier alpha value is -3.39. The highest BCUT2D eigenvalue weighted by atomic mass is 16.5. The molecule has 4 rings (SSSR count). The van der Waals surface area contributed by atoms with Crippen LogP contribution in [0.4, 0.5) is 4.79 Å². The van der Waals surface area contributed by atoms with Crippen LogP contribution in [0.5, 0.6) is 0 Å². The van der Waals surface area contributed by atoms with Crippen molar-refractivity contribution in [2.24, 2.45) is 5.92 Å². The van der Waals surface area contributed by atoms with Crippen LogP contribution in [0.25, 0.3) is 11.1 Å². The fourth-order valence-electron chi connectivity index (χ4n) is 4.97. The highest BCUT2D eigenvalue weighted by Gasteiger charge is 2.32. The summed E-state index contributed by atoms with van der Waals surface area (Å²) in [6.45, 7) is 0.478. The molecule has 8 heteroatoms. The number of nitrogens with one attached hydrogen (secondary N) is 2. The van der Waals surface area contributed by atoms with Crippen LogP contribution >= 0.6 is 0 Å². The maximum absolute atomic E-state index is 12.5. The van der Waals surface area contributed by atoms with Crippen LogP contribution in [-0.4, -0.2) is 55.5 Å². The molecule has 2 aliphatic carbocycles. The predicted molar refractivity (Wildman–Crippen MR) is 125 cm³/mol. The van der Waals surface area contributed by atoms with Gasteiger partial charge in [0.25, 0.3) is 0 Å². The molecule has 3 N–H and O–H groups in total. The summed E-state index contributed by atoms with van der Waals surface area (Å²) in [5.41, 5.74) is 4.68. The number of alkyl carbamates (subject to hydrolysis) is 1. The topological polar surface area (TPSA) is 114 Å². The molecule has 0 spiro atoms. The molecular formula is C26H30N2O6. The summed E-state index contributed by atoms with van der Waals surface area (Å²) in [6.07, 6.45) is 0.670. The maximum atomic E-state index is 12.5. The average molecular weight is 467 g/mol. The predicted octanol–water partition coefficient (Wildman–Crippen LogP) is 3.30. The zero-order chi connectivity index (χ0) is 24.1. The number of aliphatic carboxylic acids is 1. The van der Waals surface area contributed by atoms with Crippen molar-refractivity contribution >= 4 is 18.0 Å². The first-order valence-corrected chi connectivity index (χ1v) is 11.6. The lowest BCUT2D eigenvalue weighted by Gasteiger charge is -2.17. The molecule has 3 unspecified atom stereocenters. The fourth-order valence-corrected chi connectivity index (χ4v) is 4.97. The molecule has 1 fully saturated rings. The Bertz CT molecular complexity index is 1010. The van der Waals surface area contributed by atoms with E-state index >= 15 is 0 Å². The van der Waals surface area contributed by atoms with Gasteiger partial charge in [-0.25, -0.2) is 9.59 Å². The molecule has 2 aromatic rings. The second-order valence-corrected chi connectivity index (χ2v) is 8.82. The SMILES string of the molecule is COC(CCNC(=O)C1CCC(NC(=O)OCC2c3ccccc3-c3ccccc32)C1)C(=O)O. The third-order valence-electron chi connectivity index (χ3n) is 6.73.